The molecule has 6 aromatic carbocycles. The van der Waals surface area contributed by atoms with Gasteiger partial charge in [0.2, 0.25) is 0 Å². The number of phenolic OH excluding ortho intramolecular Hbond substituents is 1. The van der Waals surface area contributed by atoms with E-state index in [4.69, 9.17) is 9.47 Å². The highest BCUT2D eigenvalue weighted by Gasteiger charge is 2.32. The molecular weight excluding hydrogens is 484 g/mol. The van der Waals surface area contributed by atoms with E-state index < -0.39 is 5.97 Å². The number of hydrogen-bond acceptors (Lipinski definition) is 4. The predicted octanol–water partition coefficient (Wildman–Crippen LogP) is 8.62. The zero-order chi connectivity index (χ0) is 26.7. The van der Waals surface area contributed by atoms with Crippen LogP contribution in [0.2, 0.25) is 0 Å². The summed E-state index contributed by atoms with van der Waals surface area (Å²) in [7, 11) is 0. The van der Waals surface area contributed by atoms with Gasteiger partial charge in [-0.3, -0.25) is 0 Å². The molecule has 1 aliphatic heterocycles. The summed E-state index contributed by atoms with van der Waals surface area (Å²) in [5, 5.41) is 16.7. The molecule has 0 amide bonds. The molecule has 0 saturated heterocycles. The third-order valence-electron chi connectivity index (χ3n) is 7.46. The van der Waals surface area contributed by atoms with E-state index in [1.54, 1.807) is 19.1 Å². The van der Waals surface area contributed by atoms with Crippen LogP contribution >= 0.6 is 0 Å². The molecule has 1 atom stereocenters. The number of benzene rings is 6. The molecule has 188 valence electrons. The maximum Gasteiger partial charge on any atom is 0.338 e. The fraction of sp³-hybridized carbons (Fsp3) is 0.0571. The number of aromatic hydroxyl groups is 1. The molecule has 0 bridgehead atoms. The first-order chi connectivity index (χ1) is 19.0. The summed E-state index contributed by atoms with van der Waals surface area (Å²) in [6, 6.07) is 34.0. The summed E-state index contributed by atoms with van der Waals surface area (Å²) < 4.78 is 12.1. The summed E-state index contributed by atoms with van der Waals surface area (Å²) in [6.07, 6.45) is 0. The Balaban J connectivity index is 1.55. The first kappa shape index (κ1) is 23.1. The van der Waals surface area contributed by atoms with Crippen LogP contribution in [0.3, 0.4) is 0 Å². The second kappa shape index (κ2) is 8.74. The fourth-order valence-electron chi connectivity index (χ4n) is 5.63. The summed E-state index contributed by atoms with van der Waals surface area (Å²) in [5.74, 6) is 1.48. The molecule has 7 rings (SSSR count). The Hall–Kier alpha value is -5.09. The SMILES string of the molecule is C=C(C)C(=O)Oc1ccc2ccc3c(c2c1)C(c1ccc2ccccc2c1)c1c(ccc2ccc(O)cc12)O3. The maximum atomic E-state index is 12.3. The zero-order valence-corrected chi connectivity index (χ0v) is 21.3. The van der Waals surface area contributed by atoms with Gasteiger partial charge in [0.1, 0.15) is 23.0 Å². The van der Waals surface area contributed by atoms with Gasteiger partial charge in [0.25, 0.3) is 0 Å². The van der Waals surface area contributed by atoms with Crippen molar-refractivity contribution in [3.63, 3.8) is 0 Å². The summed E-state index contributed by atoms with van der Waals surface area (Å²) >= 11 is 0. The second-order valence-corrected chi connectivity index (χ2v) is 10.1. The summed E-state index contributed by atoms with van der Waals surface area (Å²) in [6.45, 7) is 5.34. The predicted molar refractivity (Wildman–Crippen MR) is 155 cm³/mol. The number of rotatable bonds is 3. The molecule has 4 heteroatoms. The minimum atomic E-state index is -0.465. The van der Waals surface area contributed by atoms with Gasteiger partial charge < -0.3 is 14.6 Å². The Morgan fingerprint density at radius 3 is 2.08 bits per heavy atom. The van der Waals surface area contributed by atoms with Crippen molar-refractivity contribution in [3.8, 4) is 23.0 Å². The van der Waals surface area contributed by atoms with Gasteiger partial charge in [-0.15, -0.1) is 0 Å². The number of carbonyl (C=O) groups is 1. The monoisotopic (exact) mass is 508 g/mol. The van der Waals surface area contributed by atoms with Gasteiger partial charge >= 0.3 is 5.97 Å². The number of phenols is 1. The van der Waals surface area contributed by atoms with Gasteiger partial charge in [0.05, 0.1) is 0 Å². The Bertz CT molecular complexity index is 1990. The van der Waals surface area contributed by atoms with Crippen molar-refractivity contribution in [2.24, 2.45) is 0 Å². The van der Waals surface area contributed by atoms with Crippen molar-refractivity contribution in [2.75, 3.05) is 0 Å². The standard InChI is InChI=1S/C35H24O4/c1-20(2)35(37)38-27-14-10-23-12-16-31-34(29(23)19-27)32(25-8-7-21-5-3-4-6-24(21)17-25)33-28-18-26(36)13-9-22(28)11-15-30(33)39-31/h3-19,32,36H,1H2,2H3. The lowest BCUT2D eigenvalue weighted by atomic mass is 9.78. The van der Waals surface area contributed by atoms with E-state index in [0.29, 0.717) is 11.3 Å². The third kappa shape index (κ3) is 3.80. The van der Waals surface area contributed by atoms with Gasteiger partial charge in [-0.25, -0.2) is 4.79 Å². The molecule has 0 aromatic heterocycles. The van der Waals surface area contributed by atoms with Crippen LogP contribution in [0.1, 0.15) is 29.5 Å². The highest BCUT2D eigenvalue weighted by molar-refractivity contribution is 5.97. The van der Waals surface area contributed by atoms with Crippen LogP contribution in [0.4, 0.5) is 0 Å². The van der Waals surface area contributed by atoms with E-state index >= 15 is 0 Å². The number of carbonyl (C=O) groups excluding carboxylic acids is 1. The van der Waals surface area contributed by atoms with Gasteiger partial charge in [-0.1, -0.05) is 73.3 Å². The number of ether oxygens (including phenoxy) is 2. The molecule has 0 spiro atoms. The van der Waals surface area contributed by atoms with Crippen LogP contribution < -0.4 is 9.47 Å². The Morgan fingerprint density at radius 1 is 0.744 bits per heavy atom. The first-order valence-corrected chi connectivity index (χ1v) is 12.8. The van der Waals surface area contributed by atoms with Gasteiger partial charge in [-0.05, 0) is 81.2 Å². The second-order valence-electron chi connectivity index (χ2n) is 10.1. The van der Waals surface area contributed by atoms with Crippen molar-refractivity contribution >= 4 is 38.3 Å². The molecule has 1 aliphatic rings. The summed E-state index contributed by atoms with van der Waals surface area (Å²) in [5.41, 5.74) is 3.41. The Kier molecular flexibility index (Phi) is 5.17. The quantitative estimate of drug-likeness (QED) is 0.147. The minimum Gasteiger partial charge on any atom is -0.508 e. The van der Waals surface area contributed by atoms with Crippen molar-refractivity contribution in [1.29, 1.82) is 0 Å². The fourth-order valence-corrected chi connectivity index (χ4v) is 5.63. The van der Waals surface area contributed by atoms with E-state index in [1.165, 1.54) is 0 Å². The molecular formula is C35H24O4. The lowest BCUT2D eigenvalue weighted by Gasteiger charge is -2.31. The molecule has 39 heavy (non-hydrogen) atoms. The Morgan fingerprint density at radius 2 is 1.36 bits per heavy atom. The molecule has 6 aromatic rings. The molecule has 0 aliphatic carbocycles. The largest absolute Gasteiger partial charge is 0.508 e. The van der Waals surface area contributed by atoms with E-state index in [-0.39, 0.29) is 11.7 Å². The first-order valence-electron chi connectivity index (χ1n) is 12.8. The highest BCUT2D eigenvalue weighted by atomic mass is 16.5. The van der Waals surface area contributed by atoms with Crippen molar-refractivity contribution in [2.45, 2.75) is 12.8 Å². The normalized spacial score (nSPS) is 14.0. The van der Waals surface area contributed by atoms with Gasteiger partial charge in [0, 0.05) is 22.6 Å². The average Bonchev–Trinajstić information content (AvgIpc) is 2.95. The smallest absolute Gasteiger partial charge is 0.338 e. The van der Waals surface area contributed by atoms with Crippen molar-refractivity contribution in [1.82, 2.24) is 0 Å². The van der Waals surface area contributed by atoms with Crippen LogP contribution in [-0.4, -0.2) is 11.1 Å². The van der Waals surface area contributed by atoms with Crippen molar-refractivity contribution < 1.29 is 19.4 Å². The molecule has 0 radical (unpaired) electrons. The average molecular weight is 509 g/mol. The van der Waals surface area contributed by atoms with E-state index in [2.05, 4.69) is 36.9 Å². The van der Waals surface area contributed by atoms with Crippen LogP contribution in [0.15, 0.2) is 115 Å². The minimum absolute atomic E-state index is 0.199. The van der Waals surface area contributed by atoms with Gasteiger partial charge in [0.15, 0.2) is 0 Å². The molecule has 1 N–H and O–H groups in total. The van der Waals surface area contributed by atoms with E-state index in [9.17, 15) is 9.90 Å². The third-order valence-corrected chi connectivity index (χ3v) is 7.46. The number of fused-ring (bicyclic) bond motifs is 7. The number of hydrogen-bond donors (Lipinski definition) is 1. The maximum absolute atomic E-state index is 12.3. The van der Waals surface area contributed by atoms with Crippen molar-refractivity contribution in [3.05, 3.63) is 132 Å². The lowest BCUT2D eigenvalue weighted by molar-refractivity contribution is -0.130. The molecule has 0 saturated carbocycles. The topological polar surface area (TPSA) is 55.8 Å². The molecule has 1 unspecified atom stereocenters. The molecule has 1 heterocycles. The highest BCUT2D eigenvalue weighted by Crippen LogP contribution is 2.53. The van der Waals surface area contributed by atoms with Crippen LogP contribution in [0.5, 0.6) is 23.0 Å². The lowest BCUT2D eigenvalue weighted by Crippen LogP contribution is -2.13. The van der Waals surface area contributed by atoms with E-state index in [0.717, 1.165) is 60.5 Å². The Labute approximate surface area is 225 Å². The van der Waals surface area contributed by atoms with Gasteiger partial charge in [-0.2, -0.15) is 0 Å². The number of esters is 1. The van der Waals surface area contributed by atoms with E-state index in [1.807, 2.05) is 60.7 Å². The van der Waals surface area contributed by atoms with Crippen LogP contribution in [0, 0.1) is 0 Å². The van der Waals surface area contributed by atoms with Crippen LogP contribution in [-0.2, 0) is 4.79 Å². The van der Waals surface area contributed by atoms with Crippen LogP contribution in [0.25, 0.3) is 32.3 Å². The molecule has 4 nitrogen and oxygen atoms in total. The molecule has 0 fully saturated rings. The zero-order valence-electron chi connectivity index (χ0n) is 21.3. The summed E-state index contributed by atoms with van der Waals surface area (Å²) in [4.78, 5) is 12.3.